The summed E-state index contributed by atoms with van der Waals surface area (Å²) < 4.78 is 11.6. The van der Waals surface area contributed by atoms with E-state index in [1.165, 1.54) is 0 Å². The predicted octanol–water partition coefficient (Wildman–Crippen LogP) is 3.97. The summed E-state index contributed by atoms with van der Waals surface area (Å²) in [4.78, 5) is 30.7. The van der Waals surface area contributed by atoms with Crippen molar-refractivity contribution in [3.63, 3.8) is 0 Å². The Morgan fingerprint density at radius 3 is 2.36 bits per heavy atom. The third-order valence-corrected chi connectivity index (χ3v) is 7.42. The number of carbonyl (C=O) groups is 2. The molecule has 7 heteroatoms. The molecule has 1 spiro atoms. The fraction of sp³-hybridized carbons (Fsp3) is 0.310. The van der Waals surface area contributed by atoms with Gasteiger partial charge >= 0.3 is 0 Å². The van der Waals surface area contributed by atoms with Crippen molar-refractivity contribution in [2.45, 2.75) is 30.6 Å². The first-order valence-electron chi connectivity index (χ1n) is 12.5. The summed E-state index contributed by atoms with van der Waals surface area (Å²) in [6.07, 6.45) is 11.4. The van der Waals surface area contributed by atoms with Crippen LogP contribution in [0.2, 0.25) is 0 Å². The van der Waals surface area contributed by atoms with E-state index in [-0.39, 0.29) is 5.92 Å². The molecule has 2 fully saturated rings. The topological polar surface area (TPSA) is 71.1 Å². The minimum absolute atomic E-state index is 0.204. The molecule has 4 heterocycles. The van der Waals surface area contributed by atoms with Crippen LogP contribution in [0.4, 0.5) is 11.4 Å². The number of ether oxygens (including phenoxy) is 2. The van der Waals surface area contributed by atoms with Crippen LogP contribution in [0.25, 0.3) is 0 Å². The van der Waals surface area contributed by atoms with Gasteiger partial charge in [0.25, 0.3) is 5.91 Å². The number of nitrogens with one attached hydrogen (secondary N) is 1. The molecule has 2 saturated heterocycles. The first kappa shape index (κ1) is 22.8. The number of amides is 1. The Balaban J connectivity index is 1.13. The van der Waals surface area contributed by atoms with Gasteiger partial charge < -0.3 is 24.6 Å². The van der Waals surface area contributed by atoms with E-state index in [9.17, 15) is 9.59 Å². The van der Waals surface area contributed by atoms with Gasteiger partial charge in [-0.3, -0.25) is 9.59 Å². The van der Waals surface area contributed by atoms with Gasteiger partial charge in [0.15, 0.2) is 5.79 Å². The number of nitrogens with zero attached hydrogens (tertiary/aromatic N) is 2. The van der Waals surface area contributed by atoms with Crippen LogP contribution in [0.5, 0.6) is 0 Å². The zero-order valence-electron chi connectivity index (χ0n) is 20.0. The van der Waals surface area contributed by atoms with Crippen LogP contribution < -0.4 is 10.2 Å². The van der Waals surface area contributed by atoms with Crippen molar-refractivity contribution in [1.82, 2.24) is 4.90 Å². The molecule has 0 aromatic heterocycles. The molecule has 2 aromatic rings. The first-order chi connectivity index (χ1) is 17.6. The quantitative estimate of drug-likeness (QED) is 0.649. The molecule has 4 aliphatic rings. The van der Waals surface area contributed by atoms with Gasteiger partial charge in [0.1, 0.15) is 6.04 Å². The van der Waals surface area contributed by atoms with Gasteiger partial charge in [-0.15, -0.1) is 0 Å². The van der Waals surface area contributed by atoms with Gasteiger partial charge in [0.05, 0.1) is 13.2 Å². The molecular formula is C29H29N3O4. The Hall–Kier alpha value is -3.68. The molecule has 0 saturated carbocycles. The fourth-order valence-corrected chi connectivity index (χ4v) is 5.53. The Morgan fingerprint density at radius 1 is 0.917 bits per heavy atom. The minimum atomic E-state index is -0.622. The third kappa shape index (κ3) is 4.25. The summed E-state index contributed by atoms with van der Waals surface area (Å²) in [5.74, 6) is -1.68. The Morgan fingerprint density at radius 2 is 1.64 bits per heavy atom. The molecular weight excluding hydrogens is 454 g/mol. The second kappa shape index (κ2) is 9.41. The highest BCUT2D eigenvalue weighted by molar-refractivity contribution is 6.42. The van der Waals surface area contributed by atoms with Crippen LogP contribution in [-0.4, -0.2) is 54.7 Å². The standard InChI is InChI=1S/C29H29N3O4/c33-27(26-25(21-6-2-1-3-7-21)20-24-8-4-5-15-32(24)26)28(34)30-22-9-11-23(12-10-22)31-16-13-29(14-17-31)35-18-19-36-29/h1-12,15,20,25-26H,13-14,16-19H2,(H,30,34). The first-order valence-corrected chi connectivity index (χ1v) is 12.5. The maximum atomic E-state index is 13.4. The Kier molecular flexibility index (Phi) is 5.95. The molecule has 0 aliphatic carbocycles. The third-order valence-electron chi connectivity index (χ3n) is 7.42. The van der Waals surface area contributed by atoms with Gasteiger partial charge in [-0.2, -0.15) is 0 Å². The van der Waals surface area contributed by atoms with E-state index in [0.717, 1.165) is 42.9 Å². The molecule has 0 radical (unpaired) electrons. The molecule has 1 amide bonds. The van der Waals surface area contributed by atoms with Gasteiger partial charge in [-0.1, -0.05) is 42.5 Å². The van der Waals surface area contributed by atoms with E-state index in [0.29, 0.717) is 18.9 Å². The van der Waals surface area contributed by atoms with E-state index in [2.05, 4.69) is 16.3 Å². The number of Topliss-reactive ketones (excluding diaryl/α,β-unsaturated/α-hetero) is 1. The van der Waals surface area contributed by atoms with Crippen LogP contribution in [0.1, 0.15) is 24.3 Å². The molecule has 0 bridgehead atoms. The number of allylic oxidation sites excluding steroid dienone is 3. The average Bonchev–Trinajstić information content (AvgIpc) is 3.54. The molecule has 7 nitrogen and oxygen atoms in total. The van der Waals surface area contributed by atoms with Crippen molar-refractivity contribution >= 4 is 23.1 Å². The Bertz CT molecular complexity index is 1220. The molecule has 184 valence electrons. The molecule has 4 aliphatic heterocycles. The summed E-state index contributed by atoms with van der Waals surface area (Å²) in [7, 11) is 0. The zero-order valence-corrected chi connectivity index (χ0v) is 20.0. The molecule has 1 N–H and O–H groups in total. The summed E-state index contributed by atoms with van der Waals surface area (Å²) in [6.45, 7) is 3.03. The monoisotopic (exact) mass is 483 g/mol. The highest BCUT2D eigenvalue weighted by atomic mass is 16.7. The van der Waals surface area contributed by atoms with Gasteiger partial charge in [0.2, 0.25) is 5.78 Å². The molecule has 2 atom stereocenters. The van der Waals surface area contributed by atoms with Crippen LogP contribution in [0.3, 0.4) is 0 Å². The van der Waals surface area contributed by atoms with Crippen LogP contribution in [0.15, 0.2) is 90.8 Å². The number of piperidine rings is 1. The van der Waals surface area contributed by atoms with Crippen molar-refractivity contribution in [2.24, 2.45) is 0 Å². The maximum absolute atomic E-state index is 13.4. The number of rotatable bonds is 5. The van der Waals surface area contributed by atoms with Gasteiger partial charge in [-0.05, 0) is 42.0 Å². The summed E-state index contributed by atoms with van der Waals surface area (Å²) in [5, 5.41) is 2.82. The number of hydrogen-bond donors (Lipinski definition) is 1. The average molecular weight is 484 g/mol. The van der Waals surface area contributed by atoms with Crippen LogP contribution >= 0.6 is 0 Å². The SMILES string of the molecule is O=C(Nc1ccc(N2CCC3(CC2)OCCO3)cc1)C(=O)C1C(c2ccccc2)C=C2C=CC=CN21. The number of ketones is 1. The number of hydrogen-bond acceptors (Lipinski definition) is 6. The molecule has 6 rings (SSSR count). The molecule has 36 heavy (non-hydrogen) atoms. The fourth-order valence-electron chi connectivity index (χ4n) is 5.53. The predicted molar refractivity (Wildman–Crippen MR) is 137 cm³/mol. The summed E-state index contributed by atoms with van der Waals surface area (Å²) in [5.41, 5.74) is 3.61. The lowest BCUT2D eigenvalue weighted by Crippen LogP contribution is -2.45. The smallest absolute Gasteiger partial charge is 0.294 e. The van der Waals surface area contributed by atoms with E-state index < -0.39 is 23.5 Å². The lowest BCUT2D eigenvalue weighted by molar-refractivity contribution is -0.169. The van der Waals surface area contributed by atoms with Crippen molar-refractivity contribution in [1.29, 1.82) is 0 Å². The van der Waals surface area contributed by atoms with Crippen molar-refractivity contribution in [2.75, 3.05) is 36.5 Å². The number of benzene rings is 2. The lowest BCUT2D eigenvalue weighted by atomic mass is 9.90. The largest absolute Gasteiger partial charge is 0.371 e. The van der Waals surface area contributed by atoms with E-state index in [4.69, 9.17) is 9.47 Å². The highest BCUT2D eigenvalue weighted by Crippen LogP contribution is 2.38. The Labute approximate surface area is 210 Å². The van der Waals surface area contributed by atoms with Gasteiger partial charge in [0, 0.05) is 55.1 Å². The summed E-state index contributed by atoms with van der Waals surface area (Å²) >= 11 is 0. The van der Waals surface area contributed by atoms with E-state index in [1.807, 2.05) is 83.9 Å². The summed E-state index contributed by atoms with van der Waals surface area (Å²) in [6, 6.07) is 16.9. The van der Waals surface area contributed by atoms with Crippen molar-refractivity contribution in [3.05, 3.63) is 96.4 Å². The highest BCUT2D eigenvalue weighted by Gasteiger charge is 2.42. The normalized spacial score (nSPS) is 24.1. The minimum Gasteiger partial charge on any atom is -0.371 e. The van der Waals surface area contributed by atoms with Crippen LogP contribution in [0, 0.1) is 0 Å². The number of anilines is 2. The molecule has 2 aromatic carbocycles. The van der Waals surface area contributed by atoms with E-state index >= 15 is 0 Å². The van der Waals surface area contributed by atoms with Crippen LogP contribution in [-0.2, 0) is 19.1 Å². The lowest BCUT2D eigenvalue weighted by Gasteiger charge is -2.38. The second-order valence-electron chi connectivity index (χ2n) is 9.54. The number of carbonyl (C=O) groups excluding carboxylic acids is 2. The van der Waals surface area contributed by atoms with Gasteiger partial charge in [-0.25, -0.2) is 0 Å². The molecule has 2 unspecified atom stereocenters. The van der Waals surface area contributed by atoms with Crippen molar-refractivity contribution < 1.29 is 19.1 Å². The number of fused-ring (bicyclic) bond motifs is 1. The zero-order chi connectivity index (χ0) is 24.5. The van der Waals surface area contributed by atoms with Crippen molar-refractivity contribution in [3.8, 4) is 0 Å². The van der Waals surface area contributed by atoms with E-state index in [1.54, 1.807) is 0 Å². The second-order valence-corrected chi connectivity index (χ2v) is 9.54. The maximum Gasteiger partial charge on any atom is 0.294 e.